The van der Waals surface area contributed by atoms with Crippen molar-refractivity contribution in [1.82, 2.24) is 0 Å². The second kappa shape index (κ2) is 7.35. The molecule has 0 amide bonds. The van der Waals surface area contributed by atoms with E-state index >= 15 is 0 Å². The molecule has 0 unspecified atom stereocenters. The van der Waals surface area contributed by atoms with Gasteiger partial charge < -0.3 is 9.47 Å². The van der Waals surface area contributed by atoms with Crippen molar-refractivity contribution in [2.75, 3.05) is 12.5 Å². The van der Waals surface area contributed by atoms with E-state index in [1.807, 2.05) is 0 Å². The van der Waals surface area contributed by atoms with Crippen molar-refractivity contribution in [3.8, 4) is 11.5 Å². The van der Waals surface area contributed by atoms with Gasteiger partial charge in [0.15, 0.2) is 11.5 Å². The molecule has 0 fully saturated rings. The smallest absolute Gasteiger partial charge is 0.387 e. The number of benzene rings is 2. The second-order valence-corrected chi connectivity index (χ2v) is 4.17. The molecule has 0 saturated carbocycles. The number of hydrogen-bond acceptors (Lipinski definition) is 4. The Morgan fingerprint density at radius 2 is 1.82 bits per heavy atom. The van der Waals surface area contributed by atoms with Crippen LogP contribution in [0.15, 0.2) is 47.6 Å². The molecule has 0 radical (unpaired) electrons. The highest BCUT2D eigenvalue weighted by molar-refractivity contribution is 5.81. The first-order valence-corrected chi connectivity index (χ1v) is 6.26. The van der Waals surface area contributed by atoms with Gasteiger partial charge in [0.1, 0.15) is 5.82 Å². The third-order valence-corrected chi connectivity index (χ3v) is 2.66. The van der Waals surface area contributed by atoms with E-state index in [-0.39, 0.29) is 17.3 Å². The van der Waals surface area contributed by atoms with Crippen LogP contribution in [0.25, 0.3) is 0 Å². The molecule has 22 heavy (non-hydrogen) atoms. The first kappa shape index (κ1) is 15.7. The van der Waals surface area contributed by atoms with Crippen LogP contribution in [0, 0.1) is 5.82 Å². The Balaban J connectivity index is 2.08. The molecule has 2 aromatic carbocycles. The van der Waals surface area contributed by atoms with E-state index in [0.29, 0.717) is 11.3 Å². The van der Waals surface area contributed by atoms with Gasteiger partial charge in [0.25, 0.3) is 0 Å². The fourth-order valence-electron chi connectivity index (χ4n) is 1.67. The predicted octanol–water partition coefficient (Wildman–Crippen LogP) is 3.88. The molecule has 0 bridgehead atoms. The van der Waals surface area contributed by atoms with Gasteiger partial charge in [-0.2, -0.15) is 13.9 Å². The van der Waals surface area contributed by atoms with Crippen molar-refractivity contribution in [2.45, 2.75) is 6.61 Å². The Kier molecular flexibility index (Phi) is 5.24. The van der Waals surface area contributed by atoms with Gasteiger partial charge in [0.05, 0.1) is 19.0 Å². The zero-order valence-electron chi connectivity index (χ0n) is 11.6. The fourth-order valence-corrected chi connectivity index (χ4v) is 1.67. The summed E-state index contributed by atoms with van der Waals surface area (Å²) in [6, 6.07) is 10.1. The molecular weight excluding hydrogens is 297 g/mol. The molecule has 2 rings (SSSR count). The van der Waals surface area contributed by atoms with E-state index in [1.165, 1.54) is 49.7 Å². The van der Waals surface area contributed by atoms with Crippen LogP contribution in [0.5, 0.6) is 11.5 Å². The van der Waals surface area contributed by atoms with Gasteiger partial charge in [-0.1, -0.05) is 0 Å². The standard InChI is InChI=1S/C15H13F3N2O2/c1-21-13-7-2-10(8-14(13)22-15(17)18)9-19-20-12-5-3-11(16)4-6-12/h2-9,15,20H,1H3/b19-9-. The third-order valence-electron chi connectivity index (χ3n) is 2.66. The van der Waals surface area contributed by atoms with Crippen molar-refractivity contribution in [3.63, 3.8) is 0 Å². The first-order valence-electron chi connectivity index (χ1n) is 6.26. The van der Waals surface area contributed by atoms with Crippen molar-refractivity contribution in [3.05, 3.63) is 53.8 Å². The van der Waals surface area contributed by atoms with Crippen LogP contribution in [0.3, 0.4) is 0 Å². The number of hydrazone groups is 1. The molecule has 1 N–H and O–H groups in total. The van der Waals surface area contributed by atoms with E-state index < -0.39 is 6.61 Å². The highest BCUT2D eigenvalue weighted by Gasteiger charge is 2.10. The highest BCUT2D eigenvalue weighted by Crippen LogP contribution is 2.28. The molecule has 0 saturated heterocycles. The average molecular weight is 310 g/mol. The molecule has 0 aliphatic heterocycles. The summed E-state index contributed by atoms with van der Waals surface area (Å²) < 4.78 is 46.7. The Morgan fingerprint density at radius 3 is 2.45 bits per heavy atom. The average Bonchev–Trinajstić information content (AvgIpc) is 2.49. The Labute approximate surface area is 125 Å². The molecule has 7 heteroatoms. The maximum absolute atomic E-state index is 12.7. The van der Waals surface area contributed by atoms with Crippen LogP contribution in [0.1, 0.15) is 5.56 Å². The van der Waals surface area contributed by atoms with E-state index in [9.17, 15) is 13.2 Å². The number of rotatable bonds is 6. The highest BCUT2D eigenvalue weighted by atomic mass is 19.3. The number of nitrogens with one attached hydrogen (secondary N) is 1. The van der Waals surface area contributed by atoms with Crippen molar-refractivity contribution >= 4 is 11.9 Å². The number of ether oxygens (including phenoxy) is 2. The maximum Gasteiger partial charge on any atom is 0.387 e. The summed E-state index contributed by atoms with van der Waals surface area (Å²) in [5.41, 5.74) is 3.82. The summed E-state index contributed by atoms with van der Waals surface area (Å²) in [4.78, 5) is 0. The van der Waals surface area contributed by atoms with Crippen LogP contribution >= 0.6 is 0 Å². The largest absolute Gasteiger partial charge is 0.493 e. The molecule has 2 aromatic rings. The zero-order valence-corrected chi connectivity index (χ0v) is 11.6. The SMILES string of the molecule is COc1ccc(/C=N\Nc2ccc(F)cc2)cc1OC(F)F. The maximum atomic E-state index is 12.7. The first-order chi connectivity index (χ1) is 10.6. The summed E-state index contributed by atoms with van der Waals surface area (Å²) in [5, 5.41) is 3.94. The predicted molar refractivity (Wildman–Crippen MR) is 77.2 cm³/mol. The van der Waals surface area contributed by atoms with E-state index in [0.717, 1.165) is 0 Å². The summed E-state index contributed by atoms with van der Waals surface area (Å²) >= 11 is 0. The van der Waals surface area contributed by atoms with Gasteiger partial charge in [-0.3, -0.25) is 5.43 Å². The second-order valence-electron chi connectivity index (χ2n) is 4.17. The van der Waals surface area contributed by atoms with Gasteiger partial charge in [-0.15, -0.1) is 0 Å². The monoisotopic (exact) mass is 310 g/mol. The molecular formula is C15H13F3N2O2. The van der Waals surface area contributed by atoms with Crippen LogP contribution in [0.4, 0.5) is 18.9 Å². The minimum Gasteiger partial charge on any atom is -0.493 e. The van der Waals surface area contributed by atoms with Crippen molar-refractivity contribution in [2.24, 2.45) is 5.10 Å². The molecule has 4 nitrogen and oxygen atoms in total. The van der Waals surface area contributed by atoms with Crippen LogP contribution in [-0.2, 0) is 0 Å². The molecule has 0 aliphatic rings. The third kappa shape index (κ3) is 4.41. The van der Waals surface area contributed by atoms with E-state index in [4.69, 9.17) is 4.74 Å². The summed E-state index contributed by atoms with van der Waals surface area (Å²) in [7, 11) is 1.36. The molecule has 0 aromatic heterocycles. The lowest BCUT2D eigenvalue weighted by atomic mass is 10.2. The minimum atomic E-state index is -2.95. The quantitative estimate of drug-likeness (QED) is 0.650. The number of anilines is 1. The molecule has 0 atom stereocenters. The van der Waals surface area contributed by atoms with Crippen molar-refractivity contribution in [1.29, 1.82) is 0 Å². The van der Waals surface area contributed by atoms with Gasteiger partial charge in [0, 0.05) is 0 Å². The van der Waals surface area contributed by atoms with E-state index in [1.54, 1.807) is 6.07 Å². The number of alkyl halides is 2. The Bertz CT molecular complexity index is 646. The molecule has 0 spiro atoms. The lowest BCUT2D eigenvalue weighted by Crippen LogP contribution is -2.04. The summed E-state index contributed by atoms with van der Waals surface area (Å²) in [6.07, 6.45) is 1.42. The number of nitrogens with zero attached hydrogens (tertiary/aromatic N) is 1. The van der Waals surface area contributed by atoms with E-state index in [2.05, 4.69) is 15.3 Å². The van der Waals surface area contributed by atoms with Gasteiger partial charge >= 0.3 is 6.61 Å². The molecule has 0 heterocycles. The number of hydrogen-bond donors (Lipinski definition) is 1. The number of halogens is 3. The normalized spacial score (nSPS) is 11.0. The lowest BCUT2D eigenvalue weighted by molar-refractivity contribution is -0.0512. The topological polar surface area (TPSA) is 42.8 Å². The Morgan fingerprint density at radius 1 is 1.09 bits per heavy atom. The van der Waals surface area contributed by atoms with Gasteiger partial charge in [-0.05, 0) is 48.0 Å². The van der Waals surface area contributed by atoms with Crippen molar-refractivity contribution < 1.29 is 22.6 Å². The van der Waals surface area contributed by atoms with Crippen LogP contribution < -0.4 is 14.9 Å². The minimum absolute atomic E-state index is 0.0803. The van der Waals surface area contributed by atoms with Crippen LogP contribution in [0.2, 0.25) is 0 Å². The summed E-state index contributed by atoms with van der Waals surface area (Å²) in [5.74, 6) is -0.231. The van der Waals surface area contributed by atoms with Gasteiger partial charge in [0.2, 0.25) is 0 Å². The van der Waals surface area contributed by atoms with Crippen LogP contribution in [-0.4, -0.2) is 19.9 Å². The lowest BCUT2D eigenvalue weighted by Gasteiger charge is -2.10. The zero-order chi connectivity index (χ0) is 15.9. The van der Waals surface area contributed by atoms with Gasteiger partial charge in [-0.25, -0.2) is 4.39 Å². The Hall–Kier alpha value is -2.70. The summed E-state index contributed by atoms with van der Waals surface area (Å²) in [6.45, 7) is -2.95. The number of methoxy groups -OCH3 is 1. The molecule has 0 aliphatic carbocycles. The fraction of sp³-hybridized carbons (Fsp3) is 0.133. The molecule has 116 valence electrons.